The highest BCUT2D eigenvalue weighted by molar-refractivity contribution is 5.91. The van der Waals surface area contributed by atoms with Gasteiger partial charge >= 0.3 is 5.97 Å². The van der Waals surface area contributed by atoms with Gasteiger partial charge in [-0.25, -0.2) is 13.6 Å². The van der Waals surface area contributed by atoms with Crippen LogP contribution < -0.4 is 15.4 Å². The van der Waals surface area contributed by atoms with Crippen LogP contribution in [0.1, 0.15) is 80.6 Å². The van der Waals surface area contributed by atoms with Crippen LogP contribution in [0.3, 0.4) is 0 Å². The molecule has 2 aromatic rings. The summed E-state index contributed by atoms with van der Waals surface area (Å²) in [6.07, 6.45) is 4.71. The van der Waals surface area contributed by atoms with E-state index in [0.717, 1.165) is 19.3 Å². The number of hydrogen-bond acceptors (Lipinski definition) is 4. The Hall–Kier alpha value is -3.00. The molecular weight excluding hydrogens is 478 g/mol. The topological polar surface area (TPSA) is 87.7 Å². The quantitative estimate of drug-likeness (QED) is 0.465. The van der Waals surface area contributed by atoms with Crippen molar-refractivity contribution < 1.29 is 28.2 Å². The lowest BCUT2D eigenvalue weighted by molar-refractivity contribution is -0.133. The van der Waals surface area contributed by atoms with E-state index in [9.17, 15) is 19.1 Å². The van der Waals surface area contributed by atoms with E-state index in [1.807, 2.05) is 13.8 Å². The molecule has 1 saturated heterocycles. The van der Waals surface area contributed by atoms with Gasteiger partial charge in [0.2, 0.25) is 5.67 Å². The third-order valence-corrected chi connectivity index (χ3v) is 8.24. The summed E-state index contributed by atoms with van der Waals surface area (Å²) in [4.78, 5) is 24.5. The molecule has 6 nitrogen and oxygen atoms in total. The Kier molecular flexibility index (Phi) is 6.73. The number of hydrogen-bond donors (Lipinski definition) is 3. The van der Waals surface area contributed by atoms with Gasteiger partial charge in [0.25, 0.3) is 5.91 Å². The average molecular weight is 513 g/mol. The molecule has 3 aliphatic rings. The second-order valence-electron chi connectivity index (χ2n) is 11.2. The maximum atomic E-state index is 15.4. The first-order valence-electron chi connectivity index (χ1n) is 13.2. The molecule has 37 heavy (non-hydrogen) atoms. The zero-order chi connectivity index (χ0) is 26.4. The summed E-state index contributed by atoms with van der Waals surface area (Å²) in [6, 6.07) is 9.17. The molecule has 1 amide bonds. The lowest BCUT2D eigenvalue weighted by Gasteiger charge is -2.38. The van der Waals surface area contributed by atoms with E-state index in [-0.39, 0.29) is 47.9 Å². The molecule has 2 aliphatic carbocycles. The molecule has 0 unspecified atom stereocenters. The fourth-order valence-electron chi connectivity index (χ4n) is 6.11. The Labute approximate surface area is 215 Å². The van der Waals surface area contributed by atoms with Crippen LogP contribution in [0.15, 0.2) is 36.4 Å². The number of nitrogens with one attached hydrogen (secondary N) is 2. The summed E-state index contributed by atoms with van der Waals surface area (Å²) < 4.78 is 36.5. The van der Waals surface area contributed by atoms with Gasteiger partial charge in [-0.15, -0.1) is 0 Å². The number of ether oxygens (including phenoxy) is 1. The summed E-state index contributed by atoms with van der Waals surface area (Å²) in [5.74, 6) is -1.65. The predicted molar refractivity (Wildman–Crippen MR) is 136 cm³/mol. The molecule has 0 bridgehead atoms. The lowest BCUT2D eigenvalue weighted by atomic mass is 9.74. The molecule has 198 valence electrons. The maximum absolute atomic E-state index is 15.4. The van der Waals surface area contributed by atoms with Crippen molar-refractivity contribution in [2.24, 2.45) is 0 Å². The number of rotatable bonds is 7. The first-order valence-corrected chi connectivity index (χ1v) is 13.2. The zero-order valence-electron chi connectivity index (χ0n) is 21.3. The average Bonchev–Trinajstić information content (AvgIpc) is 3.43. The maximum Gasteiger partial charge on any atom is 0.335 e. The minimum Gasteiger partial charge on any atom is -0.490 e. The first kappa shape index (κ1) is 25.6. The molecule has 1 aliphatic heterocycles. The molecule has 3 fully saturated rings. The Morgan fingerprint density at radius 2 is 1.95 bits per heavy atom. The number of carboxylic acid groups (broad SMARTS) is 1. The van der Waals surface area contributed by atoms with Crippen LogP contribution in [-0.2, 0) is 4.79 Å². The second kappa shape index (κ2) is 9.71. The summed E-state index contributed by atoms with van der Waals surface area (Å²) >= 11 is 0. The van der Waals surface area contributed by atoms with Crippen LogP contribution in [0.5, 0.6) is 5.75 Å². The van der Waals surface area contributed by atoms with Crippen molar-refractivity contribution in [2.75, 3.05) is 6.54 Å². The molecule has 2 aromatic carbocycles. The lowest BCUT2D eigenvalue weighted by Crippen LogP contribution is -2.49. The molecule has 2 saturated carbocycles. The van der Waals surface area contributed by atoms with Crippen molar-refractivity contribution in [3.05, 3.63) is 53.3 Å². The number of carbonyl (C=O) groups excluding carboxylic acids is 1. The minimum atomic E-state index is -1.89. The Morgan fingerprint density at radius 1 is 1.16 bits per heavy atom. The van der Waals surface area contributed by atoms with Gasteiger partial charge < -0.3 is 20.5 Å². The van der Waals surface area contributed by atoms with Crippen molar-refractivity contribution in [2.45, 2.75) is 88.1 Å². The van der Waals surface area contributed by atoms with Crippen LogP contribution >= 0.6 is 0 Å². The minimum absolute atomic E-state index is 0.0522. The fraction of sp³-hybridized carbons (Fsp3) is 0.517. The van der Waals surface area contributed by atoms with Gasteiger partial charge in [0.05, 0.1) is 5.56 Å². The molecule has 0 radical (unpaired) electrons. The van der Waals surface area contributed by atoms with E-state index in [0.29, 0.717) is 41.7 Å². The Balaban J connectivity index is 1.32. The third kappa shape index (κ3) is 4.96. The first-order chi connectivity index (χ1) is 17.6. The van der Waals surface area contributed by atoms with Gasteiger partial charge in [-0.2, -0.15) is 0 Å². The molecular formula is C29H34F2N2O4. The second-order valence-corrected chi connectivity index (χ2v) is 11.2. The van der Waals surface area contributed by atoms with Crippen molar-refractivity contribution in [1.29, 1.82) is 0 Å². The van der Waals surface area contributed by atoms with E-state index in [1.54, 1.807) is 18.2 Å². The summed E-state index contributed by atoms with van der Waals surface area (Å²) in [6.45, 7) is 3.83. The molecule has 1 heterocycles. The molecule has 0 aromatic heterocycles. The number of alkyl halides is 1. The summed E-state index contributed by atoms with van der Waals surface area (Å²) in [7, 11) is 0. The van der Waals surface area contributed by atoms with Crippen molar-refractivity contribution in [3.8, 4) is 16.9 Å². The Morgan fingerprint density at radius 3 is 2.59 bits per heavy atom. The number of benzene rings is 2. The normalized spacial score (nSPS) is 26.3. The van der Waals surface area contributed by atoms with Gasteiger partial charge in [0.1, 0.15) is 17.7 Å². The number of halogens is 2. The van der Waals surface area contributed by atoms with Crippen LogP contribution in [0.4, 0.5) is 8.78 Å². The van der Waals surface area contributed by atoms with E-state index >= 15 is 4.39 Å². The smallest absolute Gasteiger partial charge is 0.335 e. The predicted octanol–water partition coefficient (Wildman–Crippen LogP) is 5.35. The molecule has 5 rings (SSSR count). The van der Waals surface area contributed by atoms with Gasteiger partial charge in [-0.1, -0.05) is 26.0 Å². The zero-order valence-corrected chi connectivity index (χ0v) is 21.3. The third-order valence-electron chi connectivity index (χ3n) is 8.24. The van der Waals surface area contributed by atoms with Crippen molar-refractivity contribution in [3.63, 3.8) is 0 Å². The standard InChI is InChI=1S/C29H34F2N2O4/c1-17(2)25-21(5-3-6-23(25)30)22-13-18(26(34)35)7-10-24(22)37-20-9-8-19(14-20)33-27(36)29(31)15-28(32-16-29)11-4-12-28/h3,5-7,10,13,17,19-20,32H,4,8-9,11-12,14-16H2,1-2H3,(H,33,36)(H,34,35)/t19-,20-,29+/m1/s1. The van der Waals surface area contributed by atoms with Gasteiger partial charge in [-0.05, 0) is 73.4 Å². The molecule has 1 spiro atoms. The molecule has 3 atom stereocenters. The van der Waals surface area contributed by atoms with Crippen LogP contribution in [-0.4, -0.2) is 46.9 Å². The highest BCUT2D eigenvalue weighted by Gasteiger charge is 2.55. The Bertz CT molecular complexity index is 1210. The summed E-state index contributed by atoms with van der Waals surface area (Å²) in [5, 5.41) is 15.7. The van der Waals surface area contributed by atoms with E-state index < -0.39 is 17.5 Å². The highest BCUT2D eigenvalue weighted by Crippen LogP contribution is 2.44. The van der Waals surface area contributed by atoms with Gasteiger partial charge in [-0.3, -0.25) is 4.79 Å². The monoisotopic (exact) mass is 512 g/mol. The fourth-order valence-corrected chi connectivity index (χ4v) is 6.11. The number of carboxylic acids is 1. The summed E-state index contributed by atoms with van der Waals surface area (Å²) in [5.41, 5.74) is -0.411. The van der Waals surface area contributed by atoms with E-state index in [2.05, 4.69) is 10.6 Å². The highest BCUT2D eigenvalue weighted by atomic mass is 19.1. The number of aromatic carboxylic acids is 1. The number of amides is 1. The molecule has 8 heteroatoms. The van der Waals surface area contributed by atoms with E-state index in [4.69, 9.17) is 4.74 Å². The van der Waals surface area contributed by atoms with Gasteiger partial charge in [0, 0.05) is 36.5 Å². The van der Waals surface area contributed by atoms with Gasteiger partial charge in [0.15, 0.2) is 0 Å². The van der Waals surface area contributed by atoms with Crippen molar-refractivity contribution >= 4 is 11.9 Å². The SMILES string of the molecule is CC(C)c1c(F)cccc1-c1cc(C(=O)O)ccc1O[C@@H]1CC[C@@H](NC(=O)[C@@]2(F)CNC3(CCC3)C2)C1. The van der Waals surface area contributed by atoms with Crippen LogP contribution in [0.2, 0.25) is 0 Å². The van der Waals surface area contributed by atoms with Crippen molar-refractivity contribution in [1.82, 2.24) is 10.6 Å². The van der Waals surface area contributed by atoms with Crippen LogP contribution in [0.25, 0.3) is 11.1 Å². The number of carbonyl (C=O) groups is 2. The van der Waals surface area contributed by atoms with E-state index in [1.165, 1.54) is 18.2 Å². The van der Waals surface area contributed by atoms with Crippen LogP contribution in [0, 0.1) is 5.82 Å². The molecule has 3 N–H and O–H groups in total. The largest absolute Gasteiger partial charge is 0.490 e.